The van der Waals surface area contributed by atoms with Crippen molar-refractivity contribution in [2.75, 3.05) is 33.0 Å². The summed E-state index contributed by atoms with van der Waals surface area (Å²) in [5.74, 6) is 3.09. The molecule has 0 fully saturated rings. The molecule has 3 rings (SSSR count). The molecule has 31 heavy (non-hydrogen) atoms. The van der Waals surface area contributed by atoms with Crippen molar-refractivity contribution in [2.45, 2.75) is 40.5 Å². The highest BCUT2D eigenvalue weighted by molar-refractivity contribution is 9.10. The van der Waals surface area contributed by atoms with Crippen LogP contribution in [0.15, 0.2) is 33.7 Å². The Morgan fingerprint density at radius 1 is 0.774 bits per heavy atom. The fourth-order valence-electron chi connectivity index (χ4n) is 3.59. The molecule has 0 saturated carbocycles. The van der Waals surface area contributed by atoms with E-state index < -0.39 is 0 Å². The minimum absolute atomic E-state index is 0. The summed E-state index contributed by atoms with van der Waals surface area (Å²) in [7, 11) is 0. The molecule has 0 amide bonds. The molecule has 0 aromatic heterocycles. The molecule has 0 N–H and O–H groups in total. The Morgan fingerprint density at radius 2 is 1.29 bits per heavy atom. The van der Waals surface area contributed by atoms with Crippen LogP contribution in [0.2, 0.25) is 0 Å². The van der Waals surface area contributed by atoms with Crippen LogP contribution in [0.25, 0.3) is 0 Å². The Kier molecular flexibility index (Phi) is 9.97. The van der Waals surface area contributed by atoms with E-state index in [1.165, 1.54) is 5.56 Å². The minimum Gasteiger partial charge on any atom is -0.490 e. The Labute approximate surface area is 199 Å². The van der Waals surface area contributed by atoms with Crippen LogP contribution in [-0.4, -0.2) is 38.7 Å². The van der Waals surface area contributed by atoms with Gasteiger partial charge in [0.25, 0.3) is 0 Å². The second-order valence-electron chi connectivity index (χ2n) is 6.83. The van der Waals surface area contributed by atoms with Crippen molar-refractivity contribution in [2.24, 2.45) is 4.99 Å². The second kappa shape index (κ2) is 12.2. The first-order valence-corrected chi connectivity index (χ1v) is 11.4. The van der Waals surface area contributed by atoms with Crippen molar-refractivity contribution in [1.29, 1.82) is 0 Å². The summed E-state index contributed by atoms with van der Waals surface area (Å²) < 4.78 is 24.2. The van der Waals surface area contributed by atoms with Gasteiger partial charge in [-0.2, -0.15) is 0 Å². The Hall–Kier alpha value is -1.92. The molecular formula is C24H31BrClNO4. The number of halogens is 2. The smallest absolute Gasteiger partial charge is 0.162 e. The van der Waals surface area contributed by atoms with E-state index >= 15 is 0 Å². The van der Waals surface area contributed by atoms with E-state index in [0.29, 0.717) is 32.8 Å². The van der Waals surface area contributed by atoms with Gasteiger partial charge in [0, 0.05) is 28.7 Å². The van der Waals surface area contributed by atoms with Gasteiger partial charge in [0.15, 0.2) is 23.0 Å². The Balaban J connectivity index is 0.00000341. The van der Waals surface area contributed by atoms with Crippen molar-refractivity contribution in [3.05, 3.63) is 45.4 Å². The molecule has 0 atom stereocenters. The van der Waals surface area contributed by atoms with E-state index in [0.717, 1.165) is 57.3 Å². The van der Waals surface area contributed by atoms with E-state index in [1.54, 1.807) is 0 Å². The summed E-state index contributed by atoms with van der Waals surface area (Å²) in [6, 6.07) is 8.22. The molecule has 0 radical (unpaired) electrons. The highest BCUT2D eigenvalue weighted by atomic mass is 79.9. The van der Waals surface area contributed by atoms with Crippen LogP contribution in [0, 0.1) is 0 Å². The molecule has 1 aliphatic heterocycles. The van der Waals surface area contributed by atoms with Crippen LogP contribution in [-0.2, 0) is 12.8 Å². The quantitative estimate of drug-likeness (QED) is 0.389. The van der Waals surface area contributed by atoms with Crippen LogP contribution in [0.4, 0.5) is 0 Å². The number of hydrogen-bond donors (Lipinski definition) is 0. The van der Waals surface area contributed by atoms with Crippen molar-refractivity contribution in [3.8, 4) is 23.0 Å². The topological polar surface area (TPSA) is 49.3 Å². The maximum Gasteiger partial charge on any atom is 0.162 e. The van der Waals surface area contributed by atoms with Gasteiger partial charge in [-0.15, -0.1) is 12.4 Å². The zero-order chi connectivity index (χ0) is 21.5. The predicted molar refractivity (Wildman–Crippen MR) is 131 cm³/mol. The number of benzene rings is 2. The summed E-state index contributed by atoms with van der Waals surface area (Å²) in [5, 5.41) is 0. The Bertz CT molecular complexity index is 917. The zero-order valence-electron chi connectivity index (χ0n) is 18.6. The van der Waals surface area contributed by atoms with Gasteiger partial charge in [-0.3, -0.25) is 4.99 Å². The van der Waals surface area contributed by atoms with E-state index in [-0.39, 0.29) is 12.4 Å². The van der Waals surface area contributed by atoms with E-state index in [4.69, 9.17) is 23.9 Å². The molecule has 0 spiro atoms. The van der Waals surface area contributed by atoms with Gasteiger partial charge in [0.2, 0.25) is 0 Å². The van der Waals surface area contributed by atoms with E-state index in [2.05, 4.69) is 28.1 Å². The van der Waals surface area contributed by atoms with Crippen molar-refractivity contribution >= 4 is 34.0 Å². The summed E-state index contributed by atoms with van der Waals surface area (Å²) in [5.41, 5.74) is 4.54. The highest BCUT2D eigenvalue weighted by Crippen LogP contribution is 2.37. The molecule has 0 saturated heterocycles. The lowest BCUT2D eigenvalue weighted by Crippen LogP contribution is -2.16. The molecule has 1 heterocycles. The first kappa shape index (κ1) is 25.3. The monoisotopic (exact) mass is 511 g/mol. The maximum absolute atomic E-state index is 5.85. The van der Waals surface area contributed by atoms with Crippen molar-refractivity contribution < 1.29 is 18.9 Å². The lowest BCUT2D eigenvalue weighted by atomic mass is 9.93. The zero-order valence-corrected chi connectivity index (χ0v) is 21.0. The van der Waals surface area contributed by atoms with Crippen LogP contribution < -0.4 is 18.9 Å². The third-order valence-corrected chi connectivity index (χ3v) is 5.57. The first-order valence-electron chi connectivity index (χ1n) is 10.6. The lowest BCUT2D eigenvalue weighted by molar-refractivity contribution is 0.287. The number of fused-ring (bicyclic) bond motifs is 1. The molecule has 0 unspecified atom stereocenters. The Morgan fingerprint density at radius 3 is 1.87 bits per heavy atom. The molecule has 2 aromatic rings. The summed E-state index contributed by atoms with van der Waals surface area (Å²) >= 11 is 3.71. The summed E-state index contributed by atoms with van der Waals surface area (Å²) in [6.07, 6.45) is 1.60. The van der Waals surface area contributed by atoms with Crippen LogP contribution >= 0.6 is 28.3 Å². The molecule has 170 valence electrons. The molecular weight excluding hydrogens is 482 g/mol. The number of aliphatic imine (C=N–C) groups is 1. The molecule has 7 heteroatoms. The fourth-order valence-corrected chi connectivity index (χ4v) is 4.05. The average Bonchev–Trinajstić information content (AvgIpc) is 2.73. The lowest BCUT2D eigenvalue weighted by Gasteiger charge is -2.21. The normalized spacial score (nSPS) is 12.4. The van der Waals surface area contributed by atoms with Crippen LogP contribution in [0.1, 0.15) is 44.4 Å². The average molecular weight is 513 g/mol. The fraction of sp³-hybridized carbons (Fsp3) is 0.458. The summed E-state index contributed by atoms with van der Waals surface area (Å²) in [4.78, 5) is 4.85. The standard InChI is InChI=1S/C24H30BrNO4.ClH/c1-5-27-21-12-16-9-10-26-20(18(16)14-23(21)29-7-3)11-17-13-22(28-6-2)24(30-8-4)15-19(17)25;/h12-15H,5-11H2,1-4H3;1H. The second-order valence-corrected chi connectivity index (χ2v) is 7.69. The van der Waals surface area contributed by atoms with Gasteiger partial charge in [0.05, 0.1) is 26.4 Å². The van der Waals surface area contributed by atoms with E-state index in [9.17, 15) is 0 Å². The maximum atomic E-state index is 5.85. The van der Waals surface area contributed by atoms with Crippen molar-refractivity contribution in [3.63, 3.8) is 0 Å². The van der Waals surface area contributed by atoms with Crippen molar-refractivity contribution in [1.82, 2.24) is 0 Å². The van der Waals surface area contributed by atoms with Gasteiger partial charge in [-0.05, 0) is 69.5 Å². The van der Waals surface area contributed by atoms with Gasteiger partial charge in [0.1, 0.15) is 0 Å². The van der Waals surface area contributed by atoms with Crippen LogP contribution in [0.5, 0.6) is 23.0 Å². The molecule has 0 aliphatic carbocycles. The number of ether oxygens (including phenoxy) is 4. The third kappa shape index (κ3) is 6.07. The molecule has 5 nitrogen and oxygen atoms in total. The molecule has 2 aromatic carbocycles. The largest absolute Gasteiger partial charge is 0.490 e. The number of rotatable bonds is 10. The first-order chi connectivity index (χ1) is 14.6. The van der Waals surface area contributed by atoms with Gasteiger partial charge < -0.3 is 18.9 Å². The molecule has 1 aliphatic rings. The van der Waals surface area contributed by atoms with Gasteiger partial charge in [-0.1, -0.05) is 15.9 Å². The highest BCUT2D eigenvalue weighted by Gasteiger charge is 2.21. The minimum atomic E-state index is 0. The van der Waals surface area contributed by atoms with Crippen LogP contribution in [0.3, 0.4) is 0 Å². The molecule has 0 bridgehead atoms. The predicted octanol–water partition coefficient (Wildman–Crippen LogP) is 6.05. The summed E-state index contributed by atoms with van der Waals surface area (Å²) in [6.45, 7) is 11.1. The van der Waals surface area contributed by atoms with Gasteiger partial charge >= 0.3 is 0 Å². The van der Waals surface area contributed by atoms with Gasteiger partial charge in [-0.25, -0.2) is 0 Å². The number of hydrogen-bond acceptors (Lipinski definition) is 5. The SMILES string of the molecule is CCOc1cc(Br)c(CC2=NCCc3cc(OCC)c(OCC)cc32)cc1OCC.Cl. The van der Waals surface area contributed by atoms with E-state index in [1.807, 2.05) is 39.8 Å². The number of nitrogens with zero attached hydrogens (tertiary/aromatic N) is 1. The third-order valence-electron chi connectivity index (χ3n) is 4.83.